The van der Waals surface area contributed by atoms with Crippen molar-refractivity contribution in [3.05, 3.63) is 66.2 Å². The highest BCUT2D eigenvalue weighted by Crippen LogP contribution is 2.34. The maximum atomic E-state index is 13.4. The molecular weight excluding hydrogens is 413 g/mol. The molecule has 0 amide bonds. The summed E-state index contributed by atoms with van der Waals surface area (Å²) in [6.45, 7) is 1.91. The van der Waals surface area contributed by atoms with Crippen LogP contribution in [0.25, 0.3) is 10.8 Å². The Kier molecular flexibility index (Phi) is 5.71. The highest BCUT2D eigenvalue weighted by Gasteiger charge is 2.31. The van der Waals surface area contributed by atoms with E-state index in [2.05, 4.69) is 0 Å². The SMILES string of the molecule is COc1ccc2ccccc2c1[S@](=O)N1CCN(c2cccc(C(F)(F)F)c2)CC1. The van der Waals surface area contributed by atoms with Crippen LogP contribution in [0.5, 0.6) is 5.75 Å². The van der Waals surface area contributed by atoms with Gasteiger partial charge in [-0.15, -0.1) is 0 Å². The molecule has 0 saturated carbocycles. The lowest BCUT2D eigenvalue weighted by Gasteiger charge is -2.35. The molecule has 1 saturated heterocycles. The highest BCUT2D eigenvalue weighted by atomic mass is 32.2. The zero-order chi connectivity index (χ0) is 21.3. The van der Waals surface area contributed by atoms with Crippen LogP contribution in [0, 0.1) is 0 Å². The lowest BCUT2D eigenvalue weighted by molar-refractivity contribution is -0.137. The number of alkyl halides is 3. The van der Waals surface area contributed by atoms with E-state index < -0.39 is 22.7 Å². The zero-order valence-corrected chi connectivity index (χ0v) is 17.2. The molecule has 158 valence electrons. The molecule has 1 aliphatic rings. The first kappa shape index (κ1) is 20.7. The molecule has 1 atom stereocenters. The average Bonchev–Trinajstić information content (AvgIpc) is 2.77. The molecule has 0 radical (unpaired) electrons. The Balaban J connectivity index is 1.54. The highest BCUT2D eigenvalue weighted by molar-refractivity contribution is 7.83. The first-order chi connectivity index (χ1) is 14.4. The molecule has 1 aliphatic heterocycles. The van der Waals surface area contributed by atoms with Gasteiger partial charge in [-0.1, -0.05) is 36.4 Å². The number of fused-ring (bicyclic) bond motifs is 1. The van der Waals surface area contributed by atoms with Crippen LogP contribution in [-0.2, 0) is 17.2 Å². The number of methoxy groups -OCH3 is 1. The molecule has 4 rings (SSSR count). The van der Waals surface area contributed by atoms with Crippen LogP contribution in [-0.4, -0.2) is 41.8 Å². The summed E-state index contributed by atoms with van der Waals surface area (Å²) in [6, 6.07) is 16.8. The minimum Gasteiger partial charge on any atom is -0.495 e. The van der Waals surface area contributed by atoms with Crippen LogP contribution in [0.2, 0.25) is 0 Å². The predicted molar refractivity (Wildman–Crippen MR) is 112 cm³/mol. The van der Waals surface area contributed by atoms with E-state index in [0.717, 1.165) is 16.8 Å². The normalized spacial score (nSPS) is 16.6. The van der Waals surface area contributed by atoms with Gasteiger partial charge in [-0.2, -0.15) is 13.2 Å². The summed E-state index contributed by atoms with van der Waals surface area (Å²) in [7, 11) is 0.108. The zero-order valence-electron chi connectivity index (χ0n) is 16.4. The second-order valence-corrected chi connectivity index (χ2v) is 8.45. The average molecular weight is 434 g/mol. The number of anilines is 1. The van der Waals surface area contributed by atoms with Gasteiger partial charge in [0.1, 0.15) is 21.6 Å². The first-order valence-corrected chi connectivity index (χ1v) is 10.6. The fourth-order valence-corrected chi connectivity index (χ4v) is 5.13. The van der Waals surface area contributed by atoms with E-state index in [1.165, 1.54) is 12.1 Å². The monoisotopic (exact) mass is 434 g/mol. The third-order valence-corrected chi connectivity index (χ3v) is 6.85. The standard InChI is InChI=1S/C22H21F3N2O2S/c1-29-20-10-9-16-5-2-3-8-19(16)21(20)30(28)27-13-11-26(12-14-27)18-7-4-6-17(15-18)22(23,24)25/h2-10,15H,11-14H2,1H3/t30-/m0/s1. The molecule has 0 spiro atoms. The van der Waals surface area contributed by atoms with E-state index >= 15 is 0 Å². The van der Waals surface area contributed by atoms with Crippen molar-refractivity contribution >= 4 is 27.4 Å². The Bertz CT molecular complexity index is 1080. The molecule has 3 aromatic rings. The maximum absolute atomic E-state index is 13.4. The number of hydrogen-bond acceptors (Lipinski definition) is 3. The molecule has 0 aliphatic carbocycles. The smallest absolute Gasteiger partial charge is 0.416 e. The quantitative estimate of drug-likeness (QED) is 0.596. The Morgan fingerprint density at radius 1 is 0.933 bits per heavy atom. The van der Waals surface area contributed by atoms with Crippen molar-refractivity contribution in [3.63, 3.8) is 0 Å². The third-order valence-electron chi connectivity index (χ3n) is 5.25. The summed E-state index contributed by atoms with van der Waals surface area (Å²) in [5.74, 6) is 0.562. The molecule has 8 heteroatoms. The van der Waals surface area contributed by atoms with Crippen molar-refractivity contribution in [3.8, 4) is 5.75 Å². The largest absolute Gasteiger partial charge is 0.495 e. The Morgan fingerprint density at radius 2 is 1.67 bits per heavy atom. The van der Waals surface area contributed by atoms with Crippen LogP contribution in [0.3, 0.4) is 0 Å². The molecule has 0 N–H and O–H groups in total. The fraction of sp³-hybridized carbons (Fsp3) is 0.273. The van der Waals surface area contributed by atoms with Crippen molar-refractivity contribution in [2.45, 2.75) is 11.1 Å². The van der Waals surface area contributed by atoms with E-state index in [-0.39, 0.29) is 0 Å². The van der Waals surface area contributed by atoms with Crippen LogP contribution in [0.15, 0.2) is 65.6 Å². The van der Waals surface area contributed by atoms with Gasteiger partial charge in [0.25, 0.3) is 0 Å². The Labute approximate surface area is 175 Å². The summed E-state index contributed by atoms with van der Waals surface area (Å²) in [5.41, 5.74) is -0.135. The van der Waals surface area contributed by atoms with Gasteiger partial charge < -0.3 is 9.64 Å². The topological polar surface area (TPSA) is 32.8 Å². The first-order valence-electron chi connectivity index (χ1n) is 9.53. The van der Waals surface area contributed by atoms with Crippen LogP contribution in [0.4, 0.5) is 18.9 Å². The molecule has 1 heterocycles. The van der Waals surface area contributed by atoms with Gasteiger partial charge in [-0.3, -0.25) is 0 Å². The molecule has 0 bridgehead atoms. The number of rotatable bonds is 4. The van der Waals surface area contributed by atoms with E-state index in [1.54, 1.807) is 13.2 Å². The van der Waals surface area contributed by atoms with Gasteiger partial charge in [-0.05, 0) is 29.7 Å². The second kappa shape index (κ2) is 8.28. The molecule has 4 nitrogen and oxygen atoms in total. The van der Waals surface area contributed by atoms with E-state index in [0.29, 0.717) is 42.5 Å². The molecular formula is C22H21F3N2O2S. The van der Waals surface area contributed by atoms with Crippen molar-refractivity contribution in [1.29, 1.82) is 0 Å². The second-order valence-electron chi connectivity index (χ2n) is 7.03. The van der Waals surface area contributed by atoms with Gasteiger partial charge in [0, 0.05) is 37.3 Å². The summed E-state index contributed by atoms with van der Waals surface area (Å²) in [4.78, 5) is 2.52. The number of ether oxygens (including phenoxy) is 1. The number of piperazine rings is 1. The number of hydrogen-bond donors (Lipinski definition) is 0. The third kappa shape index (κ3) is 4.02. The van der Waals surface area contributed by atoms with E-state index in [9.17, 15) is 17.4 Å². The molecule has 30 heavy (non-hydrogen) atoms. The van der Waals surface area contributed by atoms with Crippen molar-refractivity contribution in [1.82, 2.24) is 4.31 Å². The molecule has 0 aromatic heterocycles. The Hall–Kier alpha value is -2.58. The summed E-state index contributed by atoms with van der Waals surface area (Å²) in [6.07, 6.45) is -4.37. The number of benzene rings is 3. The maximum Gasteiger partial charge on any atom is 0.416 e. The lowest BCUT2D eigenvalue weighted by Crippen LogP contribution is -2.47. The van der Waals surface area contributed by atoms with Crippen LogP contribution in [0.1, 0.15) is 5.56 Å². The number of halogens is 3. The van der Waals surface area contributed by atoms with Crippen molar-refractivity contribution < 1.29 is 22.1 Å². The fourth-order valence-electron chi connectivity index (χ4n) is 3.68. The van der Waals surface area contributed by atoms with Gasteiger partial charge >= 0.3 is 6.18 Å². The molecule has 1 fully saturated rings. The minimum absolute atomic E-state index is 0.467. The molecule has 3 aromatic carbocycles. The van der Waals surface area contributed by atoms with Crippen LogP contribution >= 0.6 is 0 Å². The van der Waals surface area contributed by atoms with E-state index in [1.807, 2.05) is 45.6 Å². The summed E-state index contributed by atoms with van der Waals surface area (Å²) >= 11 is 0. The van der Waals surface area contributed by atoms with E-state index in [4.69, 9.17) is 4.74 Å². The van der Waals surface area contributed by atoms with Gasteiger partial charge in [0.15, 0.2) is 0 Å². The van der Waals surface area contributed by atoms with Crippen molar-refractivity contribution in [2.24, 2.45) is 0 Å². The minimum atomic E-state index is -4.37. The van der Waals surface area contributed by atoms with Gasteiger partial charge in [-0.25, -0.2) is 8.51 Å². The Morgan fingerprint density at radius 3 is 2.37 bits per heavy atom. The summed E-state index contributed by atoms with van der Waals surface area (Å²) in [5, 5.41) is 1.85. The predicted octanol–water partition coefficient (Wildman–Crippen LogP) is 4.71. The lowest BCUT2D eigenvalue weighted by atomic mass is 10.1. The van der Waals surface area contributed by atoms with Crippen LogP contribution < -0.4 is 9.64 Å². The van der Waals surface area contributed by atoms with Gasteiger partial charge in [0.05, 0.1) is 12.7 Å². The molecule has 0 unspecified atom stereocenters. The van der Waals surface area contributed by atoms with Crippen molar-refractivity contribution in [2.75, 3.05) is 38.2 Å². The number of nitrogens with zero attached hydrogens (tertiary/aromatic N) is 2. The summed E-state index contributed by atoms with van der Waals surface area (Å²) < 4.78 is 59.8. The van der Waals surface area contributed by atoms with Gasteiger partial charge in [0.2, 0.25) is 0 Å².